The van der Waals surface area contributed by atoms with Crippen LogP contribution in [0.3, 0.4) is 0 Å². The zero-order valence-electron chi connectivity index (χ0n) is 15.1. The van der Waals surface area contributed by atoms with E-state index < -0.39 is 24.4 Å². The molecule has 146 valence electrons. The van der Waals surface area contributed by atoms with Crippen LogP contribution in [0.5, 0.6) is 0 Å². The number of hydrogen-bond donors (Lipinski definition) is 1. The van der Waals surface area contributed by atoms with E-state index in [2.05, 4.69) is 5.32 Å². The SMILES string of the molecule is Cc1ccc(N2C[C@H](C(=O)OCC(=O)Nc3ccc(Cl)cc3)CC2=O)cc1Cl. The van der Waals surface area contributed by atoms with Crippen molar-refractivity contribution in [3.8, 4) is 0 Å². The van der Waals surface area contributed by atoms with Crippen molar-refractivity contribution in [1.29, 1.82) is 0 Å². The van der Waals surface area contributed by atoms with Crippen LogP contribution in [0.2, 0.25) is 10.0 Å². The van der Waals surface area contributed by atoms with Crippen molar-refractivity contribution >= 4 is 52.4 Å². The summed E-state index contributed by atoms with van der Waals surface area (Å²) in [5, 5.41) is 3.70. The second kappa shape index (κ2) is 8.63. The molecular weight excluding hydrogens is 403 g/mol. The Morgan fingerprint density at radius 1 is 1.18 bits per heavy atom. The van der Waals surface area contributed by atoms with Gasteiger partial charge in [0, 0.05) is 34.4 Å². The molecule has 2 aromatic rings. The van der Waals surface area contributed by atoms with Crippen LogP contribution >= 0.6 is 23.2 Å². The van der Waals surface area contributed by atoms with E-state index in [1.165, 1.54) is 4.90 Å². The van der Waals surface area contributed by atoms with Gasteiger partial charge in [0.15, 0.2) is 6.61 Å². The van der Waals surface area contributed by atoms with Gasteiger partial charge in [-0.05, 0) is 48.9 Å². The molecule has 1 saturated heterocycles. The first kappa shape index (κ1) is 20.2. The standard InChI is InChI=1S/C20H18Cl2N2O4/c1-12-2-7-16(9-17(12)22)24-10-13(8-19(24)26)20(27)28-11-18(25)23-15-5-3-14(21)4-6-15/h2-7,9,13H,8,10-11H2,1H3,(H,23,25)/t13-/m1/s1. The Bertz CT molecular complexity index is 915. The molecule has 1 N–H and O–H groups in total. The zero-order valence-corrected chi connectivity index (χ0v) is 16.6. The summed E-state index contributed by atoms with van der Waals surface area (Å²) >= 11 is 11.9. The molecule has 2 amide bonds. The highest BCUT2D eigenvalue weighted by Crippen LogP contribution is 2.29. The van der Waals surface area contributed by atoms with Gasteiger partial charge in [0.2, 0.25) is 5.91 Å². The topological polar surface area (TPSA) is 75.7 Å². The van der Waals surface area contributed by atoms with E-state index in [4.69, 9.17) is 27.9 Å². The molecule has 0 spiro atoms. The first-order valence-electron chi connectivity index (χ1n) is 8.62. The first-order valence-corrected chi connectivity index (χ1v) is 9.37. The van der Waals surface area contributed by atoms with E-state index in [0.717, 1.165) is 5.56 Å². The lowest BCUT2D eigenvalue weighted by Crippen LogP contribution is -2.28. The number of carbonyl (C=O) groups is 3. The number of halogens is 2. The number of benzene rings is 2. The van der Waals surface area contributed by atoms with Crippen molar-refractivity contribution in [2.45, 2.75) is 13.3 Å². The molecule has 0 saturated carbocycles. The molecule has 1 heterocycles. The van der Waals surface area contributed by atoms with Crippen molar-refractivity contribution in [2.24, 2.45) is 5.92 Å². The number of amides is 2. The second-order valence-corrected chi connectivity index (χ2v) is 7.35. The number of nitrogens with one attached hydrogen (secondary N) is 1. The molecule has 1 atom stereocenters. The molecule has 0 unspecified atom stereocenters. The van der Waals surface area contributed by atoms with Crippen LogP contribution in [-0.2, 0) is 19.1 Å². The number of ether oxygens (including phenoxy) is 1. The molecule has 1 aliphatic rings. The van der Waals surface area contributed by atoms with Crippen LogP contribution in [-0.4, -0.2) is 30.9 Å². The largest absolute Gasteiger partial charge is 0.455 e. The minimum atomic E-state index is -0.629. The van der Waals surface area contributed by atoms with Gasteiger partial charge in [-0.2, -0.15) is 0 Å². The number of rotatable bonds is 5. The summed E-state index contributed by atoms with van der Waals surface area (Å²) in [6.45, 7) is 1.63. The van der Waals surface area contributed by atoms with E-state index >= 15 is 0 Å². The Hall–Kier alpha value is -2.57. The molecular formula is C20H18Cl2N2O4. The molecule has 6 nitrogen and oxygen atoms in total. The Morgan fingerprint density at radius 3 is 2.57 bits per heavy atom. The Morgan fingerprint density at radius 2 is 1.89 bits per heavy atom. The maximum atomic E-state index is 12.3. The third-order valence-electron chi connectivity index (χ3n) is 4.40. The van der Waals surface area contributed by atoms with Crippen molar-refractivity contribution in [3.05, 3.63) is 58.1 Å². The Balaban J connectivity index is 1.53. The lowest BCUT2D eigenvalue weighted by molar-refractivity contribution is -0.151. The second-order valence-electron chi connectivity index (χ2n) is 6.50. The molecule has 1 aliphatic heterocycles. The van der Waals surface area contributed by atoms with Gasteiger partial charge in [0.05, 0.1) is 5.92 Å². The van der Waals surface area contributed by atoms with Gasteiger partial charge in [0.1, 0.15) is 0 Å². The Labute approximate surface area is 172 Å². The minimum absolute atomic E-state index is 0.0309. The highest BCUT2D eigenvalue weighted by Gasteiger charge is 2.36. The average Bonchev–Trinajstić information content (AvgIpc) is 3.06. The van der Waals surface area contributed by atoms with E-state index in [0.29, 0.717) is 21.4 Å². The van der Waals surface area contributed by atoms with E-state index in [1.807, 2.05) is 13.0 Å². The van der Waals surface area contributed by atoms with Crippen LogP contribution < -0.4 is 10.2 Å². The molecule has 2 aromatic carbocycles. The van der Waals surface area contributed by atoms with Crippen molar-refractivity contribution < 1.29 is 19.1 Å². The van der Waals surface area contributed by atoms with Crippen LogP contribution in [0.4, 0.5) is 11.4 Å². The molecule has 3 rings (SSSR count). The Kier molecular flexibility index (Phi) is 6.21. The summed E-state index contributed by atoms with van der Waals surface area (Å²) in [6.07, 6.45) is 0.0309. The van der Waals surface area contributed by atoms with Gasteiger partial charge in [0.25, 0.3) is 5.91 Å². The number of nitrogens with zero attached hydrogens (tertiary/aromatic N) is 1. The van der Waals surface area contributed by atoms with Gasteiger partial charge < -0.3 is 15.0 Å². The highest BCUT2D eigenvalue weighted by atomic mass is 35.5. The van der Waals surface area contributed by atoms with Crippen LogP contribution in [0.15, 0.2) is 42.5 Å². The molecule has 1 fully saturated rings. The minimum Gasteiger partial charge on any atom is -0.455 e. The first-order chi connectivity index (χ1) is 13.3. The predicted octanol–water partition coefficient (Wildman–Crippen LogP) is 3.84. The molecule has 8 heteroatoms. The number of anilines is 2. The van der Waals surface area contributed by atoms with Crippen LogP contribution in [0.1, 0.15) is 12.0 Å². The normalized spacial score (nSPS) is 16.2. The molecule has 0 radical (unpaired) electrons. The lowest BCUT2D eigenvalue weighted by atomic mass is 10.1. The average molecular weight is 421 g/mol. The smallest absolute Gasteiger partial charge is 0.311 e. The van der Waals surface area contributed by atoms with Crippen LogP contribution in [0, 0.1) is 12.8 Å². The third kappa shape index (κ3) is 4.82. The number of carbonyl (C=O) groups excluding carboxylic acids is 3. The molecule has 28 heavy (non-hydrogen) atoms. The van der Waals surface area contributed by atoms with Crippen molar-refractivity contribution in [1.82, 2.24) is 0 Å². The van der Waals surface area contributed by atoms with Gasteiger partial charge in [-0.1, -0.05) is 29.3 Å². The summed E-state index contributed by atoms with van der Waals surface area (Å²) in [4.78, 5) is 38.0. The fraction of sp³-hybridized carbons (Fsp3) is 0.250. The monoisotopic (exact) mass is 420 g/mol. The molecule has 0 aromatic heterocycles. The number of esters is 1. The predicted molar refractivity (Wildman–Crippen MR) is 108 cm³/mol. The molecule has 0 bridgehead atoms. The maximum Gasteiger partial charge on any atom is 0.311 e. The zero-order chi connectivity index (χ0) is 20.3. The quantitative estimate of drug-likeness (QED) is 0.745. The maximum absolute atomic E-state index is 12.3. The summed E-state index contributed by atoms with van der Waals surface area (Å²) in [5.74, 6) is -1.87. The summed E-state index contributed by atoms with van der Waals surface area (Å²) in [5.41, 5.74) is 2.08. The summed E-state index contributed by atoms with van der Waals surface area (Å²) in [7, 11) is 0. The summed E-state index contributed by atoms with van der Waals surface area (Å²) in [6, 6.07) is 11.9. The fourth-order valence-corrected chi connectivity index (χ4v) is 3.15. The van der Waals surface area contributed by atoms with Crippen molar-refractivity contribution in [2.75, 3.05) is 23.4 Å². The summed E-state index contributed by atoms with van der Waals surface area (Å²) < 4.78 is 5.08. The van der Waals surface area contributed by atoms with Gasteiger partial charge in [-0.3, -0.25) is 14.4 Å². The van der Waals surface area contributed by atoms with Crippen LogP contribution in [0.25, 0.3) is 0 Å². The fourth-order valence-electron chi connectivity index (χ4n) is 2.85. The van der Waals surface area contributed by atoms with Gasteiger partial charge >= 0.3 is 5.97 Å². The van der Waals surface area contributed by atoms with Gasteiger partial charge in [-0.25, -0.2) is 0 Å². The van der Waals surface area contributed by atoms with Gasteiger partial charge in [-0.15, -0.1) is 0 Å². The number of hydrogen-bond acceptors (Lipinski definition) is 4. The van der Waals surface area contributed by atoms with E-state index in [-0.39, 0.29) is 18.9 Å². The van der Waals surface area contributed by atoms with Crippen molar-refractivity contribution in [3.63, 3.8) is 0 Å². The van der Waals surface area contributed by atoms with E-state index in [1.54, 1.807) is 36.4 Å². The lowest BCUT2D eigenvalue weighted by Gasteiger charge is -2.17. The van der Waals surface area contributed by atoms with E-state index in [9.17, 15) is 14.4 Å². The highest BCUT2D eigenvalue weighted by molar-refractivity contribution is 6.31. The molecule has 0 aliphatic carbocycles. The third-order valence-corrected chi connectivity index (χ3v) is 5.06. The number of aryl methyl sites for hydroxylation is 1.